The second kappa shape index (κ2) is 6.33. The van der Waals surface area contributed by atoms with Crippen LogP contribution in [0.25, 0.3) is 0 Å². The highest BCUT2D eigenvalue weighted by molar-refractivity contribution is 5.47. The Morgan fingerprint density at radius 2 is 2.00 bits per heavy atom. The van der Waals surface area contributed by atoms with Crippen molar-refractivity contribution in [2.75, 3.05) is 18.0 Å². The maximum Gasteiger partial charge on any atom is 0.149 e. The Balaban J connectivity index is 2.14. The highest BCUT2D eigenvalue weighted by Gasteiger charge is 2.19. The van der Waals surface area contributed by atoms with Crippen LogP contribution in [0.3, 0.4) is 0 Å². The summed E-state index contributed by atoms with van der Waals surface area (Å²) < 4.78 is 26.8. The predicted molar refractivity (Wildman–Crippen MR) is 74.5 cm³/mol. The molecule has 1 aromatic carbocycles. The van der Waals surface area contributed by atoms with Gasteiger partial charge in [0, 0.05) is 31.2 Å². The van der Waals surface area contributed by atoms with Crippen molar-refractivity contribution in [3.8, 4) is 0 Å². The fraction of sp³-hybridized carbons (Fsp3) is 0.600. The lowest BCUT2D eigenvalue weighted by molar-refractivity contribution is 0.377. The van der Waals surface area contributed by atoms with Crippen molar-refractivity contribution in [2.24, 2.45) is 0 Å². The molecule has 106 valence electrons. The third-order valence-corrected chi connectivity index (χ3v) is 3.84. The Kier molecular flexibility index (Phi) is 4.75. The average molecular weight is 268 g/mol. The molecule has 1 heterocycles. The zero-order chi connectivity index (χ0) is 13.8. The zero-order valence-corrected chi connectivity index (χ0v) is 11.6. The molecule has 0 aliphatic carbocycles. The predicted octanol–water partition coefficient (Wildman–Crippen LogP) is 3.32. The molecule has 2 nitrogen and oxygen atoms in total. The minimum absolute atomic E-state index is 0.427. The molecule has 2 atom stereocenters. The van der Waals surface area contributed by atoms with E-state index >= 15 is 0 Å². The van der Waals surface area contributed by atoms with Crippen molar-refractivity contribution in [2.45, 2.75) is 45.2 Å². The molecule has 0 radical (unpaired) electrons. The van der Waals surface area contributed by atoms with Crippen molar-refractivity contribution >= 4 is 5.69 Å². The fourth-order valence-electron chi connectivity index (χ4n) is 2.64. The van der Waals surface area contributed by atoms with Crippen molar-refractivity contribution in [1.29, 1.82) is 0 Å². The fourth-order valence-corrected chi connectivity index (χ4v) is 2.64. The summed E-state index contributed by atoms with van der Waals surface area (Å²) in [5.74, 6) is -0.982. The summed E-state index contributed by atoms with van der Waals surface area (Å²) in [4.78, 5) is 2.04. The Labute approximate surface area is 113 Å². The van der Waals surface area contributed by atoms with E-state index in [1.54, 1.807) is 6.07 Å². The van der Waals surface area contributed by atoms with Crippen LogP contribution in [-0.4, -0.2) is 25.2 Å². The Bertz CT molecular complexity index is 423. The van der Waals surface area contributed by atoms with E-state index in [-0.39, 0.29) is 0 Å². The second-order valence-electron chi connectivity index (χ2n) is 5.33. The van der Waals surface area contributed by atoms with Crippen LogP contribution in [0.15, 0.2) is 18.2 Å². The summed E-state index contributed by atoms with van der Waals surface area (Å²) >= 11 is 0. The standard InChI is InChI=1S/C15H22F2N2/c1-3-13-7-9-19(8-6-11(2)18-13)15-5-4-12(16)10-14(15)17/h4-5,10-11,13,18H,3,6-9H2,1-2H3. The van der Waals surface area contributed by atoms with E-state index in [2.05, 4.69) is 19.2 Å². The lowest BCUT2D eigenvalue weighted by Crippen LogP contribution is -2.44. The number of benzene rings is 1. The van der Waals surface area contributed by atoms with Gasteiger partial charge < -0.3 is 10.2 Å². The summed E-state index contributed by atoms with van der Waals surface area (Å²) in [5, 5.41) is 3.58. The first kappa shape index (κ1) is 14.3. The smallest absolute Gasteiger partial charge is 0.149 e. The minimum atomic E-state index is -0.519. The number of anilines is 1. The van der Waals surface area contributed by atoms with Crippen LogP contribution in [0.5, 0.6) is 0 Å². The summed E-state index contributed by atoms with van der Waals surface area (Å²) in [6, 6.07) is 4.74. The molecule has 2 unspecified atom stereocenters. The molecule has 4 heteroatoms. The van der Waals surface area contributed by atoms with E-state index in [4.69, 9.17) is 0 Å². The maximum atomic E-state index is 13.8. The van der Waals surface area contributed by atoms with Gasteiger partial charge in [0.2, 0.25) is 0 Å². The SMILES string of the molecule is CCC1CCN(c2ccc(F)cc2F)CCC(C)N1. The van der Waals surface area contributed by atoms with Gasteiger partial charge in [-0.3, -0.25) is 0 Å². The van der Waals surface area contributed by atoms with E-state index in [1.165, 1.54) is 6.07 Å². The quantitative estimate of drug-likeness (QED) is 0.885. The zero-order valence-electron chi connectivity index (χ0n) is 11.6. The van der Waals surface area contributed by atoms with Gasteiger partial charge in [0.25, 0.3) is 0 Å². The van der Waals surface area contributed by atoms with E-state index < -0.39 is 11.6 Å². The Morgan fingerprint density at radius 1 is 1.26 bits per heavy atom. The molecule has 1 saturated heterocycles. The van der Waals surface area contributed by atoms with E-state index in [0.717, 1.165) is 38.4 Å². The van der Waals surface area contributed by atoms with E-state index in [1.807, 2.05) is 4.90 Å². The minimum Gasteiger partial charge on any atom is -0.369 e. The van der Waals surface area contributed by atoms with Crippen LogP contribution < -0.4 is 10.2 Å². The molecule has 1 aliphatic rings. The molecular formula is C15H22F2N2. The molecule has 1 N–H and O–H groups in total. The molecule has 19 heavy (non-hydrogen) atoms. The molecule has 0 bridgehead atoms. The summed E-state index contributed by atoms with van der Waals surface area (Å²) in [7, 11) is 0. The van der Waals surface area contributed by atoms with Gasteiger partial charge in [0.1, 0.15) is 11.6 Å². The van der Waals surface area contributed by atoms with Crippen molar-refractivity contribution in [3.05, 3.63) is 29.8 Å². The van der Waals surface area contributed by atoms with Crippen molar-refractivity contribution < 1.29 is 8.78 Å². The van der Waals surface area contributed by atoms with Crippen LogP contribution in [0.2, 0.25) is 0 Å². The molecule has 0 spiro atoms. The van der Waals surface area contributed by atoms with Gasteiger partial charge in [-0.1, -0.05) is 6.92 Å². The van der Waals surface area contributed by atoms with Gasteiger partial charge in [0.15, 0.2) is 0 Å². The van der Waals surface area contributed by atoms with Gasteiger partial charge in [-0.05, 0) is 38.3 Å². The number of rotatable bonds is 2. The normalized spacial score (nSPS) is 24.9. The van der Waals surface area contributed by atoms with Gasteiger partial charge in [0.05, 0.1) is 5.69 Å². The third kappa shape index (κ3) is 3.66. The van der Waals surface area contributed by atoms with E-state index in [9.17, 15) is 8.78 Å². The lowest BCUT2D eigenvalue weighted by atomic mass is 10.1. The molecule has 0 aromatic heterocycles. The number of nitrogens with one attached hydrogen (secondary N) is 1. The Hall–Kier alpha value is -1.16. The average Bonchev–Trinajstić information content (AvgIpc) is 2.35. The summed E-state index contributed by atoms with van der Waals surface area (Å²) in [6.45, 7) is 5.93. The highest BCUT2D eigenvalue weighted by Crippen LogP contribution is 2.22. The molecule has 1 aromatic rings. The van der Waals surface area contributed by atoms with Crippen LogP contribution in [0.1, 0.15) is 33.1 Å². The molecular weight excluding hydrogens is 246 g/mol. The van der Waals surface area contributed by atoms with Gasteiger partial charge in [-0.2, -0.15) is 0 Å². The highest BCUT2D eigenvalue weighted by atomic mass is 19.1. The van der Waals surface area contributed by atoms with Crippen LogP contribution in [0, 0.1) is 11.6 Å². The van der Waals surface area contributed by atoms with Crippen LogP contribution in [0.4, 0.5) is 14.5 Å². The summed E-state index contributed by atoms with van der Waals surface area (Å²) in [5.41, 5.74) is 0.519. The van der Waals surface area contributed by atoms with Crippen LogP contribution in [-0.2, 0) is 0 Å². The molecule has 1 aliphatic heterocycles. The van der Waals surface area contributed by atoms with Gasteiger partial charge in [-0.25, -0.2) is 8.78 Å². The second-order valence-corrected chi connectivity index (χ2v) is 5.33. The Morgan fingerprint density at radius 3 is 2.68 bits per heavy atom. The lowest BCUT2D eigenvalue weighted by Gasteiger charge is -2.33. The number of hydrogen-bond acceptors (Lipinski definition) is 2. The largest absolute Gasteiger partial charge is 0.369 e. The number of hydrogen-bond donors (Lipinski definition) is 1. The van der Waals surface area contributed by atoms with Crippen LogP contribution >= 0.6 is 0 Å². The maximum absolute atomic E-state index is 13.8. The molecule has 0 amide bonds. The van der Waals surface area contributed by atoms with Gasteiger partial charge >= 0.3 is 0 Å². The molecule has 0 saturated carbocycles. The number of nitrogens with zero attached hydrogens (tertiary/aromatic N) is 1. The van der Waals surface area contributed by atoms with Gasteiger partial charge in [-0.15, -0.1) is 0 Å². The monoisotopic (exact) mass is 268 g/mol. The molecule has 1 fully saturated rings. The first-order chi connectivity index (χ1) is 9.10. The van der Waals surface area contributed by atoms with Crippen molar-refractivity contribution in [1.82, 2.24) is 5.32 Å². The summed E-state index contributed by atoms with van der Waals surface area (Å²) in [6.07, 6.45) is 3.02. The topological polar surface area (TPSA) is 15.3 Å². The third-order valence-electron chi connectivity index (χ3n) is 3.84. The van der Waals surface area contributed by atoms with Crippen molar-refractivity contribution in [3.63, 3.8) is 0 Å². The number of halogens is 2. The first-order valence-electron chi connectivity index (χ1n) is 7.06. The van der Waals surface area contributed by atoms with E-state index in [0.29, 0.717) is 17.8 Å². The molecule has 2 rings (SSSR count). The first-order valence-corrected chi connectivity index (χ1v) is 7.06.